The van der Waals surface area contributed by atoms with Crippen molar-refractivity contribution in [1.29, 1.82) is 0 Å². The number of nitrogens with one attached hydrogen (secondary N) is 1. The molecule has 0 saturated carbocycles. The number of benzene rings is 1. The van der Waals surface area contributed by atoms with Crippen LogP contribution in [-0.2, 0) is 12.8 Å². The van der Waals surface area contributed by atoms with Gasteiger partial charge in [-0.1, -0.05) is 32.0 Å². The number of aromatic nitrogens is 2. The smallest absolute Gasteiger partial charge is 0.274 e. The molecule has 0 spiro atoms. The number of pyridine rings is 1. The van der Waals surface area contributed by atoms with Crippen molar-refractivity contribution >= 4 is 17.2 Å². The molecular weight excluding hydrogens is 314 g/mol. The molecule has 2 aromatic heterocycles. The highest BCUT2D eigenvalue weighted by molar-refractivity contribution is 6.05. The molecule has 0 radical (unpaired) electrons. The highest BCUT2D eigenvalue weighted by Crippen LogP contribution is 2.25. The van der Waals surface area contributed by atoms with Gasteiger partial charge in [0.1, 0.15) is 5.69 Å². The van der Waals surface area contributed by atoms with Crippen molar-refractivity contribution in [2.24, 2.45) is 0 Å². The maximum Gasteiger partial charge on any atom is 0.274 e. The molecule has 0 saturated heterocycles. The number of fused-ring (bicyclic) bond motifs is 1. The molecule has 0 bridgehead atoms. The number of ether oxygens (including phenoxy) is 1. The van der Waals surface area contributed by atoms with Crippen LogP contribution in [0.2, 0.25) is 0 Å². The van der Waals surface area contributed by atoms with Gasteiger partial charge in [0.15, 0.2) is 11.4 Å². The first-order valence-corrected chi connectivity index (χ1v) is 8.54. The van der Waals surface area contributed by atoms with E-state index in [2.05, 4.69) is 17.2 Å². The maximum atomic E-state index is 13.1. The lowest BCUT2D eigenvalue weighted by molar-refractivity contribution is 0.102. The number of para-hydroxylation sites is 1. The summed E-state index contributed by atoms with van der Waals surface area (Å²) in [6, 6.07) is 9.77. The second-order valence-corrected chi connectivity index (χ2v) is 5.95. The van der Waals surface area contributed by atoms with Crippen LogP contribution in [0.25, 0.3) is 5.65 Å². The van der Waals surface area contributed by atoms with Crippen molar-refractivity contribution in [1.82, 2.24) is 9.38 Å². The van der Waals surface area contributed by atoms with E-state index < -0.39 is 0 Å². The van der Waals surface area contributed by atoms with E-state index in [1.54, 1.807) is 11.5 Å². The molecule has 0 unspecified atom stereocenters. The van der Waals surface area contributed by atoms with Gasteiger partial charge >= 0.3 is 0 Å². The van der Waals surface area contributed by atoms with Crippen LogP contribution in [0.3, 0.4) is 0 Å². The van der Waals surface area contributed by atoms with E-state index in [0.29, 0.717) is 23.5 Å². The molecule has 1 aromatic carbocycles. The first-order chi connectivity index (χ1) is 12.1. The van der Waals surface area contributed by atoms with Gasteiger partial charge in [-0.15, -0.1) is 0 Å². The Balaban J connectivity index is 2.09. The molecular formula is C20H23N3O2. The molecule has 1 N–H and O–H groups in total. The third-order valence-electron chi connectivity index (χ3n) is 4.43. The normalized spacial score (nSPS) is 10.9. The lowest BCUT2D eigenvalue weighted by atomic mass is 10.1. The van der Waals surface area contributed by atoms with Gasteiger partial charge in [-0.3, -0.25) is 9.20 Å². The summed E-state index contributed by atoms with van der Waals surface area (Å²) in [7, 11) is 1.61. The third-order valence-corrected chi connectivity index (χ3v) is 4.43. The highest BCUT2D eigenvalue weighted by atomic mass is 16.5. The Morgan fingerprint density at radius 1 is 1.20 bits per heavy atom. The predicted octanol–water partition coefficient (Wildman–Crippen LogP) is 4.03. The van der Waals surface area contributed by atoms with Crippen LogP contribution in [0.4, 0.5) is 5.69 Å². The number of amides is 1. The van der Waals surface area contributed by atoms with Crippen molar-refractivity contribution in [2.45, 2.75) is 33.6 Å². The average molecular weight is 337 g/mol. The fraction of sp³-hybridized carbons (Fsp3) is 0.300. The number of hydrogen-bond donors (Lipinski definition) is 1. The quantitative estimate of drug-likeness (QED) is 0.765. The van der Waals surface area contributed by atoms with E-state index in [1.807, 2.05) is 50.4 Å². The summed E-state index contributed by atoms with van der Waals surface area (Å²) in [5.74, 6) is 0.503. The third kappa shape index (κ3) is 2.97. The van der Waals surface area contributed by atoms with Crippen molar-refractivity contribution in [3.63, 3.8) is 0 Å². The van der Waals surface area contributed by atoms with Crippen LogP contribution in [0, 0.1) is 6.92 Å². The van der Waals surface area contributed by atoms with E-state index in [-0.39, 0.29) is 5.91 Å². The van der Waals surface area contributed by atoms with Crippen LogP contribution in [0.1, 0.15) is 41.2 Å². The van der Waals surface area contributed by atoms with Crippen LogP contribution >= 0.6 is 0 Å². The number of anilines is 1. The molecule has 3 rings (SSSR count). The van der Waals surface area contributed by atoms with Gasteiger partial charge in [-0.2, -0.15) is 0 Å². The monoisotopic (exact) mass is 337 g/mol. The maximum absolute atomic E-state index is 13.1. The number of imidazole rings is 1. The number of carbonyl (C=O) groups excluding carboxylic acids is 1. The van der Waals surface area contributed by atoms with E-state index in [4.69, 9.17) is 4.74 Å². The van der Waals surface area contributed by atoms with Crippen LogP contribution in [0.5, 0.6) is 5.75 Å². The molecule has 25 heavy (non-hydrogen) atoms. The number of nitrogens with zero attached hydrogens (tertiary/aromatic N) is 2. The summed E-state index contributed by atoms with van der Waals surface area (Å²) in [5.41, 5.74) is 5.03. The minimum atomic E-state index is -0.151. The van der Waals surface area contributed by atoms with Crippen LogP contribution in [0.15, 0.2) is 36.5 Å². The lowest BCUT2D eigenvalue weighted by Gasteiger charge is -2.13. The summed E-state index contributed by atoms with van der Waals surface area (Å²) in [6.45, 7) is 6.09. The number of methoxy groups -OCH3 is 1. The van der Waals surface area contributed by atoms with E-state index in [0.717, 1.165) is 28.9 Å². The van der Waals surface area contributed by atoms with Crippen molar-refractivity contribution in [2.75, 3.05) is 12.4 Å². The Morgan fingerprint density at radius 2 is 2.00 bits per heavy atom. The first-order valence-electron chi connectivity index (χ1n) is 8.54. The summed E-state index contributed by atoms with van der Waals surface area (Å²) in [4.78, 5) is 17.7. The Hall–Kier alpha value is -2.82. The fourth-order valence-electron chi connectivity index (χ4n) is 3.11. The molecule has 5 nitrogen and oxygen atoms in total. The van der Waals surface area contributed by atoms with Crippen molar-refractivity contribution in [3.8, 4) is 5.75 Å². The summed E-state index contributed by atoms with van der Waals surface area (Å²) in [5, 5.41) is 3.10. The molecule has 2 heterocycles. The first kappa shape index (κ1) is 17.0. The second kappa shape index (κ2) is 6.97. The van der Waals surface area contributed by atoms with Crippen molar-refractivity contribution in [3.05, 3.63) is 59.0 Å². The molecule has 0 aliphatic heterocycles. The van der Waals surface area contributed by atoms with Gasteiger partial charge in [0.25, 0.3) is 5.91 Å². The molecule has 0 aliphatic rings. The van der Waals surface area contributed by atoms with Gasteiger partial charge in [-0.05, 0) is 43.0 Å². The number of carbonyl (C=O) groups is 1. The molecule has 0 atom stereocenters. The van der Waals surface area contributed by atoms with Gasteiger partial charge in [0.05, 0.1) is 12.8 Å². The lowest BCUT2D eigenvalue weighted by Crippen LogP contribution is -2.18. The van der Waals surface area contributed by atoms with Gasteiger partial charge in [0, 0.05) is 11.9 Å². The Bertz CT molecular complexity index is 928. The Labute approximate surface area is 147 Å². The van der Waals surface area contributed by atoms with Gasteiger partial charge in [0.2, 0.25) is 0 Å². The molecule has 0 fully saturated rings. The van der Waals surface area contributed by atoms with E-state index >= 15 is 0 Å². The molecule has 5 heteroatoms. The van der Waals surface area contributed by atoms with E-state index in [9.17, 15) is 4.79 Å². The minimum absolute atomic E-state index is 0.151. The number of hydrogen-bond acceptors (Lipinski definition) is 3. The van der Waals surface area contributed by atoms with Crippen molar-refractivity contribution < 1.29 is 9.53 Å². The Morgan fingerprint density at radius 3 is 2.68 bits per heavy atom. The minimum Gasteiger partial charge on any atom is -0.493 e. The molecule has 130 valence electrons. The summed E-state index contributed by atoms with van der Waals surface area (Å²) in [6.07, 6.45) is 3.37. The topological polar surface area (TPSA) is 55.6 Å². The van der Waals surface area contributed by atoms with E-state index in [1.165, 1.54) is 0 Å². The zero-order valence-corrected chi connectivity index (χ0v) is 15.1. The predicted molar refractivity (Wildman–Crippen MR) is 99.6 cm³/mol. The number of rotatable bonds is 5. The molecule has 3 aromatic rings. The summed E-state index contributed by atoms with van der Waals surface area (Å²) < 4.78 is 7.18. The van der Waals surface area contributed by atoms with Gasteiger partial charge < -0.3 is 10.1 Å². The summed E-state index contributed by atoms with van der Waals surface area (Å²) >= 11 is 0. The Kier molecular flexibility index (Phi) is 4.74. The highest BCUT2D eigenvalue weighted by Gasteiger charge is 2.21. The second-order valence-electron chi connectivity index (χ2n) is 5.95. The molecule has 1 amide bonds. The SMILES string of the molecule is CCc1cccc(C)c1NC(=O)c1c(CC)nc2c(OC)cccn12. The van der Waals surface area contributed by atoms with Gasteiger partial charge in [-0.25, -0.2) is 4.98 Å². The van der Waals surface area contributed by atoms with Crippen LogP contribution in [-0.4, -0.2) is 22.4 Å². The standard InChI is InChI=1S/C20H23N3O2/c1-5-14-10-7-9-13(3)17(14)22-20(24)18-15(6-2)21-19-16(25-4)11-8-12-23(18)19/h7-12H,5-6H2,1-4H3,(H,22,24). The zero-order valence-electron chi connectivity index (χ0n) is 15.1. The zero-order chi connectivity index (χ0) is 18.0. The van der Waals surface area contributed by atoms with Crippen LogP contribution < -0.4 is 10.1 Å². The molecule has 0 aliphatic carbocycles. The largest absolute Gasteiger partial charge is 0.493 e. The fourth-order valence-corrected chi connectivity index (χ4v) is 3.11. The average Bonchev–Trinajstić information content (AvgIpc) is 3.02. The number of aryl methyl sites for hydroxylation is 3.